The van der Waals surface area contributed by atoms with Gasteiger partial charge >= 0.3 is 0 Å². The minimum absolute atomic E-state index is 0.0335. The van der Waals surface area contributed by atoms with Gasteiger partial charge in [-0.05, 0) is 41.8 Å². The lowest BCUT2D eigenvalue weighted by Crippen LogP contribution is -2.39. The quantitative estimate of drug-likeness (QED) is 0.562. The van der Waals surface area contributed by atoms with E-state index in [0.717, 1.165) is 35.5 Å². The van der Waals surface area contributed by atoms with Crippen LogP contribution >= 0.6 is 11.6 Å². The summed E-state index contributed by atoms with van der Waals surface area (Å²) >= 11 is 6.68. The van der Waals surface area contributed by atoms with Crippen LogP contribution in [0.4, 0.5) is 17.1 Å². The molecule has 0 spiro atoms. The predicted molar refractivity (Wildman–Crippen MR) is 134 cm³/mol. The van der Waals surface area contributed by atoms with Crippen molar-refractivity contribution in [1.82, 2.24) is 9.55 Å². The molecular formula is C26H28ClN5O2. The van der Waals surface area contributed by atoms with Gasteiger partial charge < -0.3 is 20.1 Å². The SMILES string of the molecule is CC1(C)CN(C(=O)C2CC(=O)N(c3cccc(N)c3)C2)c2cc(Cl)c(CCn3ccnc3)cc21. The number of hydrogen-bond donors (Lipinski definition) is 1. The summed E-state index contributed by atoms with van der Waals surface area (Å²) in [5.74, 6) is -0.500. The van der Waals surface area contributed by atoms with Gasteiger partial charge in [0.15, 0.2) is 0 Å². The lowest BCUT2D eigenvalue weighted by Gasteiger charge is -2.24. The number of anilines is 3. The summed E-state index contributed by atoms with van der Waals surface area (Å²) in [5.41, 5.74) is 10.0. The average molecular weight is 478 g/mol. The van der Waals surface area contributed by atoms with Crippen molar-refractivity contribution < 1.29 is 9.59 Å². The third-order valence-electron chi connectivity index (χ3n) is 6.86. The molecule has 2 aromatic carbocycles. The number of hydrogen-bond acceptors (Lipinski definition) is 4. The highest BCUT2D eigenvalue weighted by atomic mass is 35.5. The molecule has 2 N–H and O–H groups in total. The summed E-state index contributed by atoms with van der Waals surface area (Å²) in [6, 6.07) is 11.3. The first-order chi connectivity index (χ1) is 16.2. The Morgan fingerprint density at radius 1 is 1.26 bits per heavy atom. The summed E-state index contributed by atoms with van der Waals surface area (Å²) in [6.07, 6.45) is 6.46. The molecule has 1 aromatic heterocycles. The fourth-order valence-electron chi connectivity index (χ4n) is 5.03. The minimum atomic E-state index is -0.407. The summed E-state index contributed by atoms with van der Waals surface area (Å²) in [4.78, 5) is 33.9. The van der Waals surface area contributed by atoms with Crippen LogP contribution in [0.15, 0.2) is 55.1 Å². The van der Waals surface area contributed by atoms with Crippen LogP contribution in [0.1, 0.15) is 31.4 Å². The van der Waals surface area contributed by atoms with Crippen molar-refractivity contribution in [3.05, 3.63) is 71.3 Å². The molecule has 0 radical (unpaired) electrons. The number of rotatable bonds is 5. The van der Waals surface area contributed by atoms with E-state index in [-0.39, 0.29) is 23.7 Å². The fourth-order valence-corrected chi connectivity index (χ4v) is 5.28. The van der Waals surface area contributed by atoms with E-state index < -0.39 is 5.92 Å². The van der Waals surface area contributed by atoms with Crippen LogP contribution in [0.3, 0.4) is 0 Å². The highest BCUT2D eigenvalue weighted by Crippen LogP contribution is 2.44. The van der Waals surface area contributed by atoms with E-state index in [0.29, 0.717) is 23.8 Å². The normalized spacial score (nSPS) is 19.0. The van der Waals surface area contributed by atoms with Gasteiger partial charge in [0.25, 0.3) is 0 Å². The Labute approximate surface area is 204 Å². The number of benzene rings is 2. The molecule has 5 rings (SSSR count). The van der Waals surface area contributed by atoms with Crippen molar-refractivity contribution in [1.29, 1.82) is 0 Å². The van der Waals surface area contributed by atoms with Gasteiger partial charge in [-0.3, -0.25) is 9.59 Å². The Balaban J connectivity index is 1.38. The smallest absolute Gasteiger partial charge is 0.232 e. The standard InChI is InChI=1S/C26H28ClN5O2/c1-26(2)15-32(23-13-22(27)17(10-21(23)26)6-8-30-9-7-29-16-30)25(34)18-11-24(33)31(14-18)20-5-3-4-19(28)12-20/h3-5,7,9-10,12-13,16,18H,6,8,11,14-15,28H2,1-2H3. The van der Waals surface area contributed by atoms with E-state index in [4.69, 9.17) is 17.3 Å². The van der Waals surface area contributed by atoms with Crippen molar-refractivity contribution in [3.8, 4) is 0 Å². The molecule has 1 saturated heterocycles. The highest BCUT2D eigenvalue weighted by Gasteiger charge is 2.44. The van der Waals surface area contributed by atoms with Gasteiger partial charge in [-0.15, -0.1) is 0 Å². The number of halogens is 1. The maximum atomic E-state index is 13.6. The van der Waals surface area contributed by atoms with Crippen molar-refractivity contribution in [3.63, 3.8) is 0 Å². The van der Waals surface area contributed by atoms with Crippen LogP contribution in [-0.4, -0.2) is 34.5 Å². The van der Waals surface area contributed by atoms with Crippen LogP contribution in [0.5, 0.6) is 0 Å². The maximum absolute atomic E-state index is 13.6. The first kappa shape index (κ1) is 22.5. The van der Waals surface area contributed by atoms with E-state index in [1.54, 1.807) is 29.6 Å². The first-order valence-corrected chi connectivity index (χ1v) is 11.9. The number of aromatic nitrogens is 2. The Morgan fingerprint density at radius 3 is 2.82 bits per heavy atom. The zero-order valence-corrected chi connectivity index (χ0v) is 20.1. The zero-order chi connectivity index (χ0) is 24.0. The number of carbonyl (C=O) groups excluding carboxylic acids is 2. The summed E-state index contributed by atoms with van der Waals surface area (Å²) in [6.45, 7) is 5.98. The second-order valence-corrected chi connectivity index (χ2v) is 10.2. The first-order valence-electron chi connectivity index (χ1n) is 11.5. The lowest BCUT2D eigenvalue weighted by molar-refractivity contribution is -0.124. The van der Waals surface area contributed by atoms with Crippen molar-refractivity contribution in [2.45, 2.75) is 38.6 Å². The topological polar surface area (TPSA) is 84.5 Å². The number of amides is 2. The predicted octanol–water partition coefficient (Wildman–Crippen LogP) is 4.04. The highest BCUT2D eigenvalue weighted by molar-refractivity contribution is 6.31. The fraction of sp³-hybridized carbons (Fsp3) is 0.346. The molecule has 2 aliphatic rings. The Hall–Kier alpha value is -3.32. The number of fused-ring (bicyclic) bond motifs is 1. The van der Waals surface area contributed by atoms with E-state index in [1.165, 1.54) is 0 Å². The molecule has 176 valence electrons. The van der Waals surface area contributed by atoms with Crippen LogP contribution in [0.25, 0.3) is 0 Å². The minimum Gasteiger partial charge on any atom is -0.399 e. The molecule has 7 nitrogen and oxygen atoms in total. The molecule has 0 bridgehead atoms. The van der Waals surface area contributed by atoms with Crippen LogP contribution in [-0.2, 0) is 28.0 Å². The molecule has 2 amide bonds. The average Bonchev–Trinajstić information content (AvgIpc) is 3.50. The summed E-state index contributed by atoms with van der Waals surface area (Å²) in [7, 11) is 0. The second-order valence-electron chi connectivity index (χ2n) is 9.82. The van der Waals surface area contributed by atoms with Gasteiger partial charge in [0.05, 0.1) is 12.2 Å². The molecule has 1 atom stereocenters. The van der Waals surface area contributed by atoms with Crippen LogP contribution in [0, 0.1) is 5.92 Å². The van der Waals surface area contributed by atoms with E-state index >= 15 is 0 Å². The van der Waals surface area contributed by atoms with Crippen LogP contribution < -0.4 is 15.5 Å². The Morgan fingerprint density at radius 2 is 2.09 bits per heavy atom. The third kappa shape index (κ3) is 4.05. The van der Waals surface area contributed by atoms with Crippen molar-refractivity contribution in [2.24, 2.45) is 5.92 Å². The van der Waals surface area contributed by atoms with Crippen LogP contribution in [0.2, 0.25) is 5.02 Å². The van der Waals surface area contributed by atoms with Gasteiger partial charge in [0.1, 0.15) is 0 Å². The second kappa shape index (κ2) is 8.47. The largest absolute Gasteiger partial charge is 0.399 e. The zero-order valence-electron chi connectivity index (χ0n) is 19.4. The number of aryl methyl sites for hydroxylation is 2. The molecule has 0 saturated carbocycles. The number of carbonyl (C=O) groups is 2. The molecule has 34 heavy (non-hydrogen) atoms. The van der Waals surface area contributed by atoms with E-state index in [2.05, 4.69) is 24.9 Å². The molecule has 2 aliphatic heterocycles. The molecular weight excluding hydrogens is 450 g/mol. The monoisotopic (exact) mass is 477 g/mol. The molecule has 1 unspecified atom stereocenters. The number of imidazole rings is 1. The molecule has 8 heteroatoms. The van der Waals surface area contributed by atoms with Crippen molar-refractivity contribution in [2.75, 3.05) is 28.6 Å². The summed E-state index contributed by atoms with van der Waals surface area (Å²) in [5, 5.41) is 0.651. The van der Waals surface area contributed by atoms with Gasteiger partial charge in [0, 0.05) is 65.9 Å². The van der Waals surface area contributed by atoms with Gasteiger partial charge in [0.2, 0.25) is 11.8 Å². The van der Waals surface area contributed by atoms with Crippen molar-refractivity contribution >= 4 is 40.5 Å². The van der Waals surface area contributed by atoms with Gasteiger partial charge in [-0.25, -0.2) is 4.98 Å². The Bertz CT molecular complexity index is 1250. The van der Waals surface area contributed by atoms with Gasteiger partial charge in [-0.1, -0.05) is 37.6 Å². The summed E-state index contributed by atoms with van der Waals surface area (Å²) < 4.78 is 2.02. The Kier molecular flexibility index (Phi) is 5.60. The number of nitrogen functional groups attached to an aromatic ring is 1. The van der Waals surface area contributed by atoms with Gasteiger partial charge in [-0.2, -0.15) is 0 Å². The van der Waals surface area contributed by atoms with E-state index in [9.17, 15) is 9.59 Å². The van der Waals surface area contributed by atoms with E-state index in [1.807, 2.05) is 33.9 Å². The third-order valence-corrected chi connectivity index (χ3v) is 7.21. The molecule has 3 aromatic rings. The number of nitrogens with zero attached hydrogens (tertiary/aromatic N) is 4. The maximum Gasteiger partial charge on any atom is 0.232 e. The molecule has 1 fully saturated rings. The number of nitrogens with two attached hydrogens (primary N) is 1. The molecule has 3 heterocycles. The lowest BCUT2D eigenvalue weighted by atomic mass is 9.86. The molecule has 0 aliphatic carbocycles.